The summed E-state index contributed by atoms with van der Waals surface area (Å²) in [5.74, 6) is -1.83. The number of carbonyl (C=O) groups excluding carboxylic acids is 2. The zero-order valence-corrected chi connectivity index (χ0v) is 18.1. The second kappa shape index (κ2) is 8.75. The van der Waals surface area contributed by atoms with Gasteiger partial charge in [0.2, 0.25) is 0 Å². The lowest BCUT2D eigenvalue weighted by Gasteiger charge is -2.25. The Morgan fingerprint density at radius 3 is 2.34 bits per heavy atom. The van der Waals surface area contributed by atoms with Crippen molar-refractivity contribution >= 4 is 40.7 Å². The third kappa shape index (κ3) is 3.58. The van der Waals surface area contributed by atoms with E-state index in [9.17, 15) is 14.4 Å². The highest BCUT2D eigenvalue weighted by Crippen LogP contribution is 2.37. The first-order chi connectivity index (χ1) is 15.5. The number of nitrogens with two attached hydrogens (primary N) is 1. The fourth-order valence-electron chi connectivity index (χ4n) is 3.51. The highest BCUT2D eigenvalue weighted by molar-refractivity contribution is 7.07. The van der Waals surface area contributed by atoms with Crippen LogP contribution in [-0.4, -0.2) is 29.7 Å². The normalized spacial score (nSPS) is 16.2. The van der Waals surface area contributed by atoms with E-state index in [1.807, 2.05) is 0 Å². The first-order valence-corrected chi connectivity index (χ1v) is 10.7. The molecule has 0 unspecified atom stereocenters. The summed E-state index contributed by atoms with van der Waals surface area (Å²) in [5.41, 5.74) is 5.85. The Balaban J connectivity index is 2.11. The van der Waals surface area contributed by atoms with Crippen molar-refractivity contribution in [3.8, 4) is 0 Å². The highest BCUT2D eigenvalue weighted by atomic mass is 32.1. The summed E-state index contributed by atoms with van der Waals surface area (Å²) in [5, 5.41) is 0. The van der Waals surface area contributed by atoms with E-state index in [4.69, 9.17) is 24.0 Å². The molecule has 0 amide bonds. The second-order valence-electron chi connectivity index (χ2n) is 6.67. The summed E-state index contributed by atoms with van der Waals surface area (Å²) < 4.78 is 23.0. The van der Waals surface area contributed by atoms with Gasteiger partial charge in [-0.25, -0.2) is 9.59 Å². The molecule has 0 aliphatic carbocycles. The van der Waals surface area contributed by atoms with E-state index in [0.717, 1.165) is 15.9 Å². The molecular formula is C22H20N2O7S. The summed E-state index contributed by atoms with van der Waals surface area (Å²) >= 11 is 1.04. The minimum atomic E-state index is -1.00. The van der Waals surface area contributed by atoms with Gasteiger partial charge in [0, 0.05) is 6.08 Å². The van der Waals surface area contributed by atoms with Crippen LogP contribution < -0.4 is 20.5 Å². The Morgan fingerprint density at radius 2 is 1.75 bits per heavy atom. The summed E-state index contributed by atoms with van der Waals surface area (Å²) in [6.45, 7) is 3.49. The van der Waals surface area contributed by atoms with Crippen LogP contribution in [0.3, 0.4) is 0 Å². The number of hydrogen-bond acceptors (Lipinski definition) is 9. The molecule has 32 heavy (non-hydrogen) atoms. The van der Waals surface area contributed by atoms with E-state index in [0.29, 0.717) is 11.5 Å². The molecule has 2 N–H and O–H groups in total. The van der Waals surface area contributed by atoms with Crippen LogP contribution in [0.2, 0.25) is 0 Å². The van der Waals surface area contributed by atoms with E-state index in [1.54, 1.807) is 44.2 Å². The fraction of sp³-hybridized carbons (Fsp3) is 0.227. The fourth-order valence-corrected chi connectivity index (χ4v) is 4.65. The van der Waals surface area contributed by atoms with Gasteiger partial charge in [0.25, 0.3) is 5.56 Å². The van der Waals surface area contributed by atoms with Crippen molar-refractivity contribution in [2.24, 2.45) is 5.73 Å². The number of esters is 2. The molecule has 166 valence electrons. The number of rotatable bonds is 6. The Labute approximate surface area is 185 Å². The Kier molecular flexibility index (Phi) is 5.87. The van der Waals surface area contributed by atoms with Gasteiger partial charge in [0.15, 0.2) is 0 Å². The molecule has 4 rings (SSSR count). The Hall–Kier alpha value is -3.79. The monoisotopic (exact) mass is 456 g/mol. The van der Waals surface area contributed by atoms with Crippen LogP contribution in [0.5, 0.6) is 0 Å². The maximum atomic E-state index is 13.2. The second-order valence-corrected chi connectivity index (χ2v) is 7.70. The summed E-state index contributed by atoms with van der Waals surface area (Å²) in [6.07, 6.45) is 4.44. The molecule has 1 aliphatic rings. The quantitative estimate of drug-likeness (QED) is 0.547. The molecule has 3 aromatic rings. The third-order valence-corrected chi connectivity index (χ3v) is 5.89. The number of furan rings is 2. The zero-order valence-electron chi connectivity index (χ0n) is 17.3. The molecule has 0 bridgehead atoms. The first kappa shape index (κ1) is 21.4. The third-order valence-electron chi connectivity index (χ3n) is 4.78. The Bertz CT molecular complexity index is 1360. The van der Waals surface area contributed by atoms with Crippen molar-refractivity contribution < 1.29 is 27.9 Å². The molecule has 4 heterocycles. The SMILES string of the molecule is CCOC(=O)C1=C(N)n2c(sc(=Cc3ccco3)c2=O)=C(C(=O)OCC)[C@@H]1c1ccco1. The minimum absolute atomic E-state index is 0.0678. The summed E-state index contributed by atoms with van der Waals surface area (Å²) in [4.78, 5) is 39.2. The van der Waals surface area contributed by atoms with Crippen molar-refractivity contribution in [1.29, 1.82) is 0 Å². The molecule has 0 radical (unpaired) electrons. The standard InChI is InChI=1S/C22H20N2O7S/c1-3-28-21(26)16-15(13-8-6-10-31-13)17(22(27)29-4-2)20-24(18(16)23)19(25)14(32-20)11-12-7-5-9-30-12/h5-11,15H,3-4,23H2,1-2H3/t15-/m1/s1. The van der Waals surface area contributed by atoms with E-state index in [2.05, 4.69) is 0 Å². The van der Waals surface area contributed by atoms with Gasteiger partial charge in [-0.1, -0.05) is 0 Å². The number of fused-ring (bicyclic) bond motifs is 1. The predicted molar refractivity (Wildman–Crippen MR) is 116 cm³/mol. The molecule has 0 aromatic carbocycles. The average molecular weight is 456 g/mol. The van der Waals surface area contributed by atoms with Gasteiger partial charge < -0.3 is 24.0 Å². The van der Waals surface area contributed by atoms with Crippen molar-refractivity contribution in [1.82, 2.24) is 4.57 Å². The molecule has 9 nitrogen and oxygen atoms in total. The smallest absolute Gasteiger partial charge is 0.338 e. The van der Waals surface area contributed by atoms with E-state index >= 15 is 0 Å². The first-order valence-electron chi connectivity index (χ1n) is 9.86. The number of ether oxygens (including phenoxy) is 2. The molecule has 0 saturated carbocycles. The van der Waals surface area contributed by atoms with Crippen molar-refractivity contribution in [3.05, 3.63) is 73.4 Å². The number of aromatic nitrogens is 1. The molecule has 0 spiro atoms. The van der Waals surface area contributed by atoms with Gasteiger partial charge in [-0.15, -0.1) is 11.3 Å². The van der Waals surface area contributed by atoms with Gasteiger partial charge in [-0.2, -0.15) is 0 Å². The zero-order chi connectivity index (χ0) is 22.8. The van der Waals surface area contributed by atoms with Crippen LogP contribution in [0.25, 0.3) is 17.5 Å². The average Bonchev–Trinajstić information content (AvgIpc) is 3.51. The van der Waals surface area contributed by atoms with Gasteiger partial charge in [-0.3, -0.25) is 9.36 Å². The van der Waals surface area contributed by atoms with Crippen LogP contribution in [0, 0.1) is 0 Å². The molecule has 0 fully saturated rings. The van der Waals surface area contributed by atoms with Gasteiger partial charge >= 0.3 is 11.9 Å². The summed E-state index contributed by atoms with van der Waals surface area (Å²) in [7, 11) is 0. The topological polar surface area (TPSA) is 127 Å². The van der Waals surface area contributed by atoms with Gasteiger partial charge in [0.05, 0.1) is 47.3 Å². The Morgan fingerprint density at radius 1 is 1.09 bits per heavy atom. The lowest BCUT2D eigenvalue weighted by molar-refractivity contribution is -0.138. The predicted octanol–water partition coefficient (Wildman–Crippen LogP) is 1.13. The van der Waals surface area contributed by atoms with Crippen molar-refractivity contribution in [3.63, 3.8) is 0 Å². The molecular weight excluding hydrogens is 436 g/mol. The van der Waals surface area contributed by atoms with Gasteiger partial charge in [0.1, 0.15) is 22.0 Å². The van der Waals surface area contributed by atoms with E-state index < -0.39 is 23.4 Å². The lowest BCUT2D eigenvalue weighted by Crippen LogP contribution is -2.41. The van der Waals surface area contributed by atoms with Crippen molar-refractivity contribution in [2.45, 2.75) is 19.8 Å². The van der Waals surface area contributed by atoms with Crippen LogP contribution in [0.1, 0.15) is 31.3 Å². The lowest BCUT2D eigenvalue weighted by atomic mass is 9.87. The largest absolute Gasteiger partial charge is 0.468 e. The molecule has 1 atom stereocenters. The number of thiazole rings is 1. The minimum Gasteiger partial charge on any atom is -0.468 e. The maximum absolute atomic E-state index is 13.2. The van der Waals surface area contributed by atoms with E-state index in [1.165, 1.54) is 12.5 Å². The van der Waals surface area contributed by atoms with Gasteiger partial charge in [-0.05, 0) is 38.1 Å². The number of nitrogens with zero attached hydrogens (tertiary/aromatic N) is 1. The van der Waals surface area contributed by atoms with Crippen molar-refractivity contribution in [2.75, 3.05) is 13.2 Å². The van der Waals surface area contributed by atoms with Crippen LogP contribution in [0.4, 0.5) is 0 Å². The maximum Gasteiger partial charge on any atom is 0.338 e. The van der Waals surface area contributed by atoms with E-state index in [-0.39, 0.29) is 39.4 Å². The molecule has 1 aliphatic heterocycles. The van der Waals surface area contributed by atoms with Crippen LogP contribution in [-0.2, 0) is 19.1 Å². The number of carbonyl (C=O) groups is 2. The molecule has 3 aromatic heterocycles. The molecule has 10 heteroatoms. The highest BCUT2D eigenvalue weighted by Gasteiger charge is 2.41. The number of hydrogen-bond donors (Lipinski definition) is 1. The molecule has 0 saturated heterocycles. The van der Waals surface area contributed by atoms with Crippen LogP contribution in [0.15, 0.2) is 56.0 Å². The summed E-state index contributed by atoms with van der Waals surface area (Å²) in [6, 6.07) is 6.62. The van der Waals surface area contributed by atoms with Crippen LogP contribution >= 0.6 is 11.3 Å².